The second-order valence-corrected chi connectivity index (χ2v) is 5.01. The van der Waals surface area contributed by atoms with E-state index < -0.39 is 6.10 Å². The summed E-state index contributed by atoms with van der Waals surface area (Å²) in [5.74, 6) is -0.372. The number of aromatic nitrogens is 1. The van der Waals surface area contributed by atoms with Gasteiger partial charge in [-0.1, -0.05) is 29.8 Å². The van der Waals surface area contributed by atoms with Crippen molar-refractivity contribution in [2.45, 2.75) is 19.1 Å². The molecule has 2 N–H and O–H groups in total. The van der Waals surface area contributed by atoms with Crippen LogP contribution < -0.4 is 5.32 Å². The van der Waals surface area contributed by atoms with Crippen molar-refractivity contribution in [2.24, 2.45) is 0 Å². The molecular weight excluding hydrogens is 279 g/mol. The highest BCUT2D eigenvalue weighted by atomic mass is 35.5. The zero-order valence-corrected chi connectivity index (χ0v) is 11.8. The van der Waals surface area contributed by atoms with E-state index in [1.807, 2.05) is 19.1 Å². The van der Waals surface area contributed by atoms with Gasteiger partial charge in [0.15, 0.2) is 0 Å². The van der Waals surface area contributed by atoms with E-state index in [0.29, 0.717) is 17.1 Å². The van der Waals surface area contributed by atoms with Gasteiger partial charge >= 0.3 is 0 Å². The van der Waals surface area contributed by atoms with Crippen LogP contribution >= 0.6 is 11.6 Å². The van der Waals surface area contributed by atoms with Crippen LogP contribution in [0, 0.1) is 5.82 Å². The third-order valence-corrected chi connectivity index (χ3v) is 3.45. The smallest absolute Gasteiger partial charge is 0.141 e. The summed E-state index contributed by atoms with van der Waals surface area (Å²) >= 11 is 6.02. The van der Waals surface area contributed by atoms with Crippen molar-refractivity contribution in [3.63, 3.8) is 0 Å². The topological polar surface area (TPSA) is 45.1 Å². The lowest BCUT2D eigenvalue weighted by atomic mass is 10.1. The van der Waals surface area contributed by atoms with Gasteiger partial charge in [0.1, 0.15) is 5.82 Å². The largest absolute Gasteiger partial charge is 0.387 e. The molecule has 0 aliphatic carbocycles. The zero-order chi connectivity index (χ0) is 14.5. The molecule has 1 aromatic carbocycles. The first-order chi connectivity index (χ1) is 9.58. The van der Waals surface area contributed by atoms with Crippen molar-refractivity contribution >= 4 is 11.6 Å². The maximum atomic E-state index is 13.1. The summed E-state index contributed by atoms with van der Waals surface area (Å²) in [6.07, 6.45) is 2.05. The Hall–Kier alpha value is -1.49. The first-order valence-electron chi connectivity index (χ1n) is 6.34. The second kappa shape index (κ2) is 6.79. The molecule has 2 unspecified atom stereocenters. The van der Waals surface area contributed by atoms with Crippen molar-refractivity contribution in [1.29, 1.82) is 0 Å². The monoisotopic (exact) mass is 294 g/mol. The SMILES string of the molecule is CC(NCC(O)c1ccccc1Cl)c1cncc(F)c1. The van der Waals surface area contributed by atoms with E-state index in [1.165, 1.54) is 6.07 Å². The third-order valence-electron chi connectivity index (χ3n) is 3.11. The van der Waals surface area contributed by atoms with E-state index in [9.17, 15) is 9.50 Å². The number of hydrogen-bond donors (Lipinski definition) is 2. The van der Waals surface area contributed by atoms with E-state index in [2.05, 4.69) is 10.3 Å². The lowest BCUT2D eigenvalue weighted by Crippen LogP contribution is -2.25. The van der Waals surface area contributed by atoms with Crippen molar-refractivity contribution < 1.29 is 9.50 Å². The van der Waals surface area contributed by atoms with Crippen molar-refractivity contribution in [3.8, 4) is 0 Å². The van der Waals surface area contributed by atoms with Gasteiger partial charge in [0.2, 0.25) is 0 Å². The predicted molar refractivity (Wildman–Crippen MR) is 77.0 cm³/mol. The summed E-state index contributed by atoms with van der Waals surface area (Å²) in [5.41, 5.74) is 1.41. The number of pyridine rings is 1. The van der Waals surface area contributed by atoms with Crippen molar-refractivity contribution in [3.05, 3.63) is 64.7 Å². The Bertz CT molecular complexity index is 579. The van der Waals surface area contributed by atoms with Gasteiger partial charge in [-0.25, -0.2) is 4.39 Å². The molecule has 5 heteroatoms. The maximum Gasteiger partial charge on any atom is 0.141 e. The summed E-state index contributed by atoms with van der Waals surface area (Å²) in [4.78, 5) is 3.81. The Morgan fingerprint density at radius 3 is 2.80 bits per heavy atom. The Labute approximate surface area is 122 Å². The van der Waals surface area contributed by atoms with Crippen LogP contribution in [0.2, 0.25) is 5.02 Å². The van der Waals surface area contributed by atoms with E-state index >= 15 is 0 Å². The Kier molecular flexibility index (Phi) is 5.06. The first-order valence-corrected chi connectivity index (χ1v) is 6.72. The molecule has 0 bridgehead atoms. The molecule has 0 spiro atoms. The number of hydrogen-bond acceptors (Lipinski definition) is 3. The van der Waals surface area contributed by atoms with Crippen LogP contribution in [-0.4, -0.2) is 16.6 Å². The molecule has 2 rings (SSSR count). The van der Waals surface area contributed by atoms with Gasteiger partial charge in [-0.15, -0.1) is 0 Å². The molecule has 0 saturated carbocycles. The molecule has 0 saturated heterocycles. The van der Waals surface area contributed by atoms with E-state index in [1.54, 1.807) is 18.3 Å². The average molecular weight is 295 g/mol. The van der Waals surface area contributed by atoms with Crippen LogP contribution in [0.25, 0.3) is 0 Å². The number of halogens is 2. The standard InChI is InChI=1S/C15H16ClFN2O/c1-10(11-6-12(17)8-18-7-11)19-9-15(20)13-4-2-3-5-14(13)16/h2-8,10,15,19-20H,9H2,1H3. The fraction of sp³-hybridized carbons (Fsp3) is 0.267. The fourth-order valence-electron chi connectivity index (χ4n) is 1.93. The Morgan fingerprint density at radius 1 is 1.35 bits per heavy atom. The van der Waals surface area contributed by atoms with Crippen LogP contribution in [0.3, 0.4) is 0 Å². The van der Waals surface area contributed by atoms with Crippen molar-refractivity contribution in [2.75, 3.05) is 6.54 Å². The number of aliphatic hydroxyl groups excluding tert-OH is 1. The highest BCUT2D eigenvalue weighted by Crippen LogP contribution is 2.22. The molecule has 20 heavy (non-hydrogen) atoms. The van der Waals surface area contributed by atoms with Gasteiger partial charge < -0.3 is 10.4 Å². The van der Waals surface area contributed by atoms with Gasteiger partial charge in [0, 0.05) is 29.4 Å². The molecule has 106 valence electrons. The molecule has 2 aromatic rings. The van der Waals surface area contributed by atoms with E-state index in [4.69, 9.17) is 11.6 Å². The maximum absolute atomic E-state index is 13.1. The highest BCUT2D eigenvalue weighted by Gasteiger charge is 2.13. The summed E-state index contributed by atoms with van der Waals surface area (Å²) < 4.78 is 13.1. The van der Waals surface area contributed by atoms with Crippen LogP contribution in [0.1, 0.15) is 30.2 Å². The van der Waals surface area contributed by atoms with Crippen molar-refractivity contribution in [1.82, 2.24) is 10.3 Å². The van der Waals surface area contributed by atoms with Crippen LogP contribution in [0.5, 0.6) is 0 Å². The molecule has 1 aromatic heterocycles. The summed E-state index contributed by atoms with van der Waals surface area (Å²) in [7, 11) is 0. The number of nitrogens with zero attached hydrogens (tertiary/aromatic N) is 1. The molecule has 0 amide bonds. The van der Waals surface area contributed by atoms with Gasteiger partial charge in [-0.3, -0.25) is 4.98 Å². The van der Waals surface area contributed by atoms with E-state index in [0.717, 1.165) is 11.8 Å². The lowest BCUT2D eigenvalue weighted by Gasteiger charge is -2.18. The first kappa shape index (κ1) is 14.9. The van der Waals surface area contributed by atoms with Gasteiger partial charge in [0.25, 0.3) is 0 Å². The molecule has 0 aliphatic rings. The molecular formula is C15H16ClFN2O. The molecule has 0 fully saturated rings. The summed E-state index contributed by atoms with van der Waals surface area (Å²) in [6.45, 7) is 2.21. The van der Waals surface area contributed by atoms with Gasteiger partial charge in [-0.2, -0.15) is 0 Å². The van der Waals surface area contributed by atoms with Gasteiger partial charge in [0.05, 0.1) is 12.3 Å². The van der Waals surface area contributed by atoms with Crippen LogP contribution in [-0.2, 0) is 0 Å². The summed E-state index contributed by atoms with van der Waals surface area (Å²) in [5, 5.41) is 13.8. The van der Waals surface area contributed by atoms with Crippen LogP contribution in [0.4, 0.5) is 4.39 Å². The number of nitrogens with one attached hydrogen (secondary N) is 1. The minimum absolute atomic E-state index is 0.115. The minimum Gasteiger partial charge on any atom is -0.387 e. The normalized spacial score (nSPS) is 14.0. The fourth-order valence-corrected chi connectivity index (χ4v) is 2.19. The molecule has 1 heterocycles. The van der Waals surface area contributed by atoms with Crippen LogP contribution in [0.15, 0.2) is 42.7 Å². The minimum atomic E-state index is -0.715. The highest BCUT2D eigenvalue weighted by molar-refractivity contribution is 6.31. The second-order valence-electron chi connectivity index (χ2n) is 4.60. The molecule has 3 nitrogen and oxygen atoms in total. The lowest BCUT2D eigenvalue weighted by molar-refractivity contribution is 0.171. The molecule has 0 aliphatic heterocycles. The number of rotatable bonds is 5. The van der Waals surface area contributed by atoms with Gasteiger partial charge in [-0.05, 0) is 24.6 Å². The molecule has 2 atom stereocenters. The van der Waals surface area contributed by atoms with E-state index in [-0.39, 0.29) is 11.9 Å². The Balaban J connectivity index is 1.97. The quantitative estimate of drug-likeness (QED) is 0.890. The number of aliphatic hydroxyl groups is 1. The zero-order valence-electron chi connectivity index (χ0n) is 11.1. The third kappa shape index (κ3) is 3.76. The average Bonchev–Trinajstić information content (AvgIpc) is 2.45. The predicted octanol–water partition coefficient (Wildman–Crippen LogP) is 3.26. The Morgan fingerprint density at radius 2 is 2.10 bits per heavy atom. The summed E-state index contributed by atoms with van der Waals surface area (Å²) in [6, 6.07) is 8.46. The number of benzene rings is 1. The molecule has 0 radical (unpaired) electrons.